The van der Waals surface area contributed by atoms with E-state index in [0.717, 1.165) is 33.1 Å². The summed E-state index contributed by atoms with van der Waals surface area (Å²) in [6.45, 7) is 0. The van der Waals surface area contributed by atoms with Crippen molar-refractivity contribution in [1.82, 2.24) is 15.3 Å². The molecule has 0 saturated heterocycles. The van der Waals surface area contributed by atoms with Gasteiger partial charge in [-0.15, -0.1) is 0 Å². The van der Waals surface area contributed by atoms with Crippen LogP contribution in [0, 0.1) is 0 Å². The Morgan fingerprint density at radius 2 is 1.86 bits per heavy atom. The van der Waals surface area contributed by atoms with Gasteiger partial charge in [-0.2, -0.15) is 0 Å². The van der Waals surface area contributed by atoms with Gasteiger partial charge in [-0.3, -0.25) is 0 Å². The second-order valence-electron chi connectivity index (χ2n) is 7.07. The van der Waals surface area contributed by atoms with Crippen molar-refractivity contribution in [3.8, 4) is 0 Å². The van der Waals surface area contributed by atoms with E-state index in [9.17, 15) is 0 Å². The fraction of sp³-hybridized carbons (Fsp3) is 0.0952. The van der Waals surface area contributed by atoms with E-state index in [0.29, 0.717) is 18.1 Å². The van der Waals surface area contributed by atoms with Crippen molar-refractivity contribution >= 4 is 33.5 Å². The van der Waals surface area contributed by atoms with Crippen LogP contribution in [-0.2, 0) is 6.42 Å². The van der Waals surface area contributed by atoms with Gasteiger partial charge in [0.2, 0.25) is 5.96 Å². The third-order valence-electron chi connectivity index (χ3n) is 5.11. The van der Waals surface area contributed by atoms with E-state index in [-0.39, 0.29) is 0 Å². The van der Waals surface area contributed by atoms with Crippen LogP contribution in [-0.4, -0.2) is 21.6 Å². The Bertz CT molecular complexity index is 1230. The molecule has 4 aromatic rings. The van der Waals surface area contributed by atoms with Crippen LogP contribution < -0.4 is 22.1 Å². The van der Waals surface area contributed by atoms with E-state index >= 15 is 0 Å². The van der Waals surface area contributed by atoms with Gasteiger partial charge in [0.05, 0.1) is 11.4 Å². The number of nitrogens with zero attached hydrogens (tertiary/aromatic N) is 1. The number of fused-ring (bicyclic) bond motifs is 2. The van der Waals surface area contributed by atoms with Crippen LogP contribution in [0.3, 0.4) is 0 Å². The molecule has 1 atom stereocenters. The lowest BCUT2D eigenvalue weighted by atomic mass is 9.96. The van der Waals surface area contributed by atoms with Gasteiger partial charge in [0.1, 0.15) is 0 Å². The maximum absolute atomic E-state index is 6.62. The number of nitrogens with one attached hydrogen (secondary N) is 4. The van der Waals surface area contributed by atoms with Crippen LogP contribution in [0.4, 0.5) is 5.69 Å². The van der Waals surface area contributed by atoms with Gasteiger partial charge in [-0.25, -0.2) is 4.99 Å². The fourth-order valence-corrected chi connectivity index (χ4v) is 3.62. The first kappa shape index (κ1) is 16.5. The van der Waals surface area contributed by atoms with Gasteiger partial charge in [-0.1, -0.05) is 12.1 Å². The molecule has 28 heavy (non-hydrogen) atoms. The topological polar surface area (TPSA) is 120 Å². The average molecular weight is 371 g/mol. The number of aromatic nitrogens is 2. The zero-order valence-electron chi connectivity index (χ0n) is 15.2. The van der Waals surface area contributed by atoms with Crippen LogP contribution in [0.25, 0.3) is 21.8 Å². The molecule has 0 spiro atoms. The minimum absolute atomic E-state index is 0.493. The smallest absolute Gasteiger partial charge is 0.202 e. The molecular weight excluding hydrogens is 350 g/mol. The van der Waals surface area contributed by atoms with Crippen LogP contribution in [0.1, 0.15) is 5.56 Å². The van der Waals surface area contributed by atoms with E-state index < -0.39 is 5.66 Å². The molecule has 140 valence electrons. The molecule has 5 rings (SSSR count). The number of hydrogen-bond donors (Lipinski definition) is 6. The summed E-state index contributed by atoms with van der Waals surface area (Å²) in [6, 6.07) is 16.3. The molecule has 1 unspecified atom stereocenters. The van der Waals surface area contributed by atoms with Crippen molar-refractivity contribution in [1.29, 1.82) is 0 Å². The van der Waals surface area contributed by atoms with Crippen molar-refractivity contribution in [2.75, 3.05) is 5.32 Å². The Balaban J connectivity index is 1.45. The molecule has 0 aliphatic carbocycles. The molecule has 0 fully saturated rings. The van der Waals surface area contributed by atoms with Crippen molar-refractivity contribution in [2.24, 2.45) is 16.5 Å². The highest BCUT2D eigenvalue weighted by atomic mass is 15.2. The maximum Gasteiger partial charge on any atom is 0.202 e. The van der Waals surface area contributed by atoms with Gasteiger partial charge < -0.3 is 32.1 Å². The standard InChI is InChI=1S/C21H21N7/c22-19-12-26-20(27-18-3-1-2-17-15(18)7-9-25-17)28-21(19,23)11-13-4-5-16-14(10-13)6-8-24-16/h1-10,12,24-25H,11,22-23H2,(H2,26,27,28). The van der Waals surface area contributed by atoms with Gasteiger partial charge in [0, 0.05) is 41.4 Å². The molecule has 2 aromatic carbocycles. The average Bonchev–Trinajstić information content (AvgIpc) is 3.34. The molecule has 0 amide bonds. The van der Waals surface area contributed by atoms with Crippen molar-refractivity contribution in [3.05, 3.63) is 78.4 Å². The minimum atomic E-state index is -1.02. The zero-order chi connectivity index (χ0) is 19.1. The highest BCUT2D eigenvalue weighted by Crippen LogP contribution is 2.25. The molecule has 1 aliphatic heterocycles. The number of nitrogens with two attached hydrogens (primary N) is 2. The van der Waals surface area contributed by atoms with Crippen LogP contribution in [0.15, 0.2) is 77.8 Å². The molecule has 1 aliphatic rings. The highest BCUT2D eigenvalue weighted by molar-refractivity contribution is 6.03. The number of guanidine groups is 1. The number of aliphatic imine (C=N–C) groups is 1. The molecule has 3 heterocycles. The zero-order valence-corrected chi connectivity index (χ0v) is 15.2. The summed E-state index contributed by atoms with van der Waals surface area (Å²) in [5, 5.41) is 8.64. The first-order valence-corrected chi connectivity index (χ1v) is 9.11. The summed E-state index contributed by atoms with van der Waals surface area (Å²) < 4.78 is 0. The van der Waals surface area contributed by atoms with Crippen molar-refractivity contribution in [2.45, 2.75) is 12.1 Å². The van der Waals surface area contributed by atoms with Gasteiger partial charge in [0.25, 0.3) is 0 Å². The number of anilines is 1. The van der Waals surface area contributed by atoms with E-state index in [4.69, 9.17) is 16.5 Å². The molecule has 2 aromatic heterocycles. The number of aromatic amines is 2. The largest absolute Gasteiger partial charge is 0.398 e. The van der Waals surface area contributed by atoms with E-state index in [1.54, 1.807) is 6.20 Å². The van der Waals surface area contributed by atoms with Gasteiger partial charge in [0.15, 0.2) is 5.66 Å². The van der Waals surface area contributed by atoms with Crippen LogP contribution >= 0.6 is 0 Å². The summed E-state index contributed by atoms with van der Waals surface area (Å²) in [4.78, 5) is 11.1. The summed E-state index contributed by atoms with van der Waals surface area (Å²) in [6.07, 6.45) is 6.04. The monoisotopic (exact) mass is 371 g/mol. The highest BCUT2D eigenvalue weighted by Gasteiger charge is 2.31. The maximum atomic E-state index is 6.62. The van der Waals surface area contributed by atoms with E-state index in [2.05, 4.69) is 26.7 Å². The molecule has 8 N–H and O–H groups in total. The Kier molecular flexibility index (Phi) is 3.63. The predicted molar refractivity (Wildman–Crippen MR) is 114 cm³/mol. The van der Waals surface area contributed by atoms with Gasteiger partial charge >= 0.3 is 0 Å². The molecular formula is C21H21N7. The molecule has 0 saturated carbocycles. The van der Waals surface area contributed by atoms with Crippen LogP contribution in [0.5, 0.6) is 0 Å². The Labute approximate surface area is 161 Å². The first-order chi connectivity index (χ1) is 13.6. The first-order valence-electron chi connectivity index (χ1n) is 9.11. The number of rotatable bonds is 3. The lowest BCUT2D eigenvalue weighted by molar-refractivity contribution is 0.503. The molecule has 0 radical (unpaired) electrons. The van der Waals surface area contributed by atoms with Crippen LogP contribution in [0.2, 0.25) is 0 Å². The Morgan fingerprint density at radius 1 is 1.00 bits per heavy atom. The fourth-order valence-electron chi connectivity index (χ4n) is 3.62. The van der Waals surface area contributed by atoms with Crippen molar-refractivity contribution < 1.29 is 0 Å². The Morgan fingerprint density at radius 3 is 2.79 bits per heavy atom. The molecule has 0 bridgehead atoms. The second kappa shape index (κ2) is 6.17. The molecule has 7 heteroatoms. The number of benzene rings is 2. The normalized spacial score (nSPS) is 19.3. The lowest BCUT2D eigenvalue weighted by Gasteiger charge is -2.31. The summed E-state index contributed by atoms with van der Waals surface area (Å²) in [7, 11) is 0. The number of hydrogen-bond acceptors (Lipinski definition) is 5. The lowest BCUT2D eigenvalue weighted by Crippen LogP contribution is -2.51. The van der Waals surface area contributed by atoms with E-state index in [1.807, 2.05) is 54.9 Å². The van der Waals surface area contributed by atoms with E-state index in [1.165, 1.54) is 0 Å². The summed E-state index contributed by atoms with van der Waals surface area (Å²) >= 11 is 0. The summed E-state index contributed by atoms with van der Waals surface area (Å²) in [5.41, 5.74) is 16.5. The SMILES string of the molecule is NC1=CNC(Nc2cccc3[nH]ccc23)=NC1(N)Cc1ccc2[nH]ccc2c1. The third-order valence-corrected chi connectivity index (χ3v) is 5.11. The van der Waals surface area contributed by atoms with Crippen molar-refractivity contribution in [3.63, 3.8) is 0 Å². The Hall–Kier alpha value is -3.71. The minimum Gasteiger partial charge on any atom is -0.398 e. The van der Waals surface area contributed by atoms with Gasteiger partial charge in [-0.05, 0) is 47.3 Å². The number of H-pyrrole nitrogens is 2. The molecule has 7 nitrogen and oxygen atoms in total. The second-order valence-corrected chi connectivity index (χ2v) is 7.07. The third kappa shape index (κ3) is 2.78. The summed E-state index contributed by atoms with van der Waals surface area (Å²) in [5.74, 6) is 0.563. The quantitative estimate of drug-likeness (QED) is 0.332. The predicted octanol–water partition coefficient (Wildman–Crippen LogP) is 2.72.